The number of carbonyl (C=O) groups is 1. The highest BCUT2D eigenvalue weighted by Crippen LogP contribution is 2.35. The first-order chi connectivity index (χ1) is 11.1. The van der Waals surface area contributed by atoms with Gasteiger partial charge in [-0.05, 0) is 12.1 Å². The highest BCUT2D eigenvalue weighted by atomic mass is 35.5. The van der Waals surface area contributed by atoms with E-state index in [4.69, 9.17) is 16.0 Å². The summed E-state index contributed by atoms with van der Waals surface area (Å²) in [6.07, 6.45) is 0. The Bertz CT molecular complexity index is 1130. The van der Waals surface area contributed by atoms with Crippen LogP contribution in [0, 0.1) is 0 Å². The summed E-state index contributed by atoms with van der Waals surface area (Å²) in [5.41, 5.74) is 0.529. The number of halogens is 1. The van der Waals surface area contributed by atoms with Gasteiger partial charge in [-0.2, -0.15) is 0 Å². The van der Waals surface area contributed by atoms with Crippen LogP contribution in [0.2, 0.25) is 5.02 Å². The normalized spacial score (nSPS) is 11.3. The number of fused-ring (bicyclic) bond motifs is 4. The third kappa shape index (κ3) is 1.90. The van der Waals surface area contributed by atoms with Crippen LogP contribution in [0.4, 0.5) is 0 Å². The first-order valence-corrected chi connectivity index (χ1v) is 7.13. The minimum atomic E-state index is -1.10. The van der Waals surface area contributed by atoms with Gasteiger partial charge in [0, 0.05) is 10.8 Å². The van der Waals surface area contributed by atoms with Crippen LogP contribution in [-0.2, 0) is 0 Å². The van der Waals surface area contributed by atoms with Gasteiger partial charge in [0.05, 0.1) is 5.56 Å². The zero-order valence-electron chi connectivity index (χ0n) is 11.5. The molecule has 0 saturated heterocycles. The lowest BCUT2D eigenvalue weighted by Crippen LogP contribution is -2.08. The minimum absolute atomic E-state index is 0.0274. The van der Waals surface area contributed by atoms with Crippen molar-refractivity contribution in [2.45, 2.75) is 0 Å². The van der Waals surface area contributed by atoms with Gasteiger partial charge < -0.3 is 9.52 Å². The quantitative estimate of drug-likeness (QED) is 0.425. The number of aromatic nitrogens is 1. The summed E-state index contributed by atoms with van der Waals surface area (Å²) in [5.74, 6) is -0.945. The zero-order valence-corrected chi connectivity index (χ0v) is 12.3. The standard InChI is InChI=1S/C17H8ClNO4/c18-12-15(20)9-5-2-1-4-8(9)14-16(12)23-11-7-3-6-10(17(21)22)13(11)19-14/h1-7H,(H,21,22). The number of carboxylic acid groups (broad SMARTS) is 1. The molecule has 2 aliphatic rings. The predicted molar refractivity (Wildman–Crippen MR) is 86.4 cm³/mol. The second-order valence-electron chi connectivity index (χ2n) is 5.04. The summed E-state index contributed by atoms with van der Waals surface area (Å²) in [6, 6.07) is 11.5. The van der Waals surface area contributed by atoms with Gasteiger partial charge in [-0.15, -0.1) is 0 Å². The van der Waals surface area contributed by atoms with Crippen LogP contribution >= 0.6 is 11.6 Å². The van der Waals surface area contributed by atoms with Crippen molar-refractivity contribution in [3.63, 3.8) is 0 Å². The zero-order chi connectivity index (χ0) is 16.1. The van der Waals surface area contributed by atoms with Crippen LogP contribution in [0.3, 0.4) is 0 Å². The van der Waals surface area contributed by atoms with Crippen molar-refractivity contribution in [3.05, 3.63) is 63.3 Å². The monoisotopic (exact) mass is 325 g/mol. The lowest BCUT2D eigenvalue weighted by molar-refractivity contribution is 0.0698. The Hall–Kier alpha value is -2.92. The van der Waals surface area contributed by atoms with Crippen molar-refractivity contribution in [2.24, 2.45) is 0 Å². The predicted octanol–water partition coefficient (Wildman–Crippen LogP) is 3.80. The van der Waals surface area contributed by atoms with Crippen molar-refractivity contribution < 1.29 is 14.3 Å². The molecule has 0 bridgehead atoms. The molecule has 0 amide bonds. The Balaban J connectivity index is 2.30. The largest absolute Gasteiger partial charge is 0.478 e. The molecule has 2 aromatic rings. The van der Waals surface area contributed by atoms with Crippen molar-refractivity contribution >= 4 is 39.4 Å². The Morgan fingerprint density at radius 2 is 1.83 bits per heavy atom. The Morgan fingerprint density at radius 3 is 2.57 bits per heavy atom. The molecule has 0 aromatic heterocycles. The number of aromatic carboxylic acids is 1. The van der Waals surface area contributed by atoms with Crippen LogP contribution in [0.1, 0.15) is 10.4 Å². The van der Waals surface area contributed by atoms with Crippen molar-refractivity contribution in [1.82, 2.24) is 4.98 Å². The average Bonchev–Trinajstić information content (AvgIpc) is 2.57. The fourth-order valence-electron chi connectivity index (χ4n) is 2.65. The number of nitrogens with zero attached hydrogens (tertiary/aromatic N) is 1. The van der Waals surface area contributed by atoms with E-state index in [9.17, 15) is 14.7 Å². The molecule has 5 nitrogen and oxygen atoms in total. The third-order valence-corrected chi connectivity index (χ3v) is 4.05. The molecule has 1 heterocycles. The lowest BCUT2D eigenvalue weighted by Gasteiger charge is -2.11. The molecule has 1 aliphatic heterocycles. The van der Waals surface area contributed by atoms with E-state index in [1.165, 1.54) is 6.07 Å². The van der Waals surface area contributed by atoms with E-state index in [0.717, 1.165) is 0 Å². The summed E-state index contributed by atoms with van der Waals surface area (Å²) in [4.78, 5) is 28.1. The third-order valence-electron chi connectivity index (χ3n) is 3.71. The molecule has 6 heteroatoms. The maximum atomic E-state index is 12.3. The number of hydrogen-bond acceptors (Lipinski definition) is 4. The Kier molecular flexibility index (Phi) is 2.86. The lowest BCUT2D eigenvalue weighted by atomic mass is 10.0. The van der Waals surface area contributed by atoms with Gasteiger partial charge in [0.25, 0.3) is 0 Å². The van der Waals surface area contributed by atoms with E-state index in [1.807, 2.05) is 0 Å². The Labute approximate surface area is 134 Å². The van der Waals surface area contributed by atoms with E-state index in [2.05, 4.69) is 4.98 Å². The fraction of sp³-hybridized carbons (Fsp3) is 0. The van der Waals surface area contributed by atoms with E-state index in [-0.39, 0.29) is 32.9 Å². The van der Waals surface area contributed by atoms with Gasteiger partial charge in [0.1, 0.15) is 16.2 Å². The average molecular weight is 326 g/mol. The molecule has 0 fully saturated rings. The van der Waals surface area contributed by atoms with Gasteiger partial charge >= 0.3 is 5.97 Å². The second kappa shape index (κ2) is 4.79. The maximum Gasteiger partial charge on any atom is 0.338 e. The SMILES string of the molecule is O=C(O)c1cccc2oc3c(Cl)c(=O)c4ccccc4c-3nc12. The summed E-state index contributed by atoms with van der Waals surface area (Å²) in [6.45, 7) is 0. The van der Waals surface area contributed by atoms with E-state index in [1.54, 1.807) is 36.4 Å². The number of carboxylic acids is 1. The molecule has 1 N–H and O–H groups in total. The molecule has 112 valence electrons. The first-order valence-electron chi connectivity index (χ1n) is 6.75. The van der Waals surface area contributed by atoms with Gasteiger partial charge in [-0.1, -0.05) is 41.9 Å². The maximum absolute atomic E-state index is 12.3. The van der Waals surface area contributed by atoms with Crippen LogP contribution in [0.5, 0.6) is 0 Å². The minimum Gasteiger partial charge on any atom is -0.478 e. The number of rotatable bonds is 1. The van der Waals surface area contributed by atoms with E-state index >= 15 is 0 Å². The molecule has 0 radical (unpaired) electrons. The van der Waals surface area contributed by atoms with E-state index < -0.39 is 5.97 Å². The highest BCUT2D eigenvalue weighted by molar-refractivity contribution is 6.34. The molecule has 2 aromatic carbocycles. The van der Waals surface area contributed by atoms with Crippen LogP contribution in [-0.4, -0.2) is 16.1 Å². The van der Waals surface area contributed by atoms with Gasteiger partial charge in [0.15, 0.2) is 11.3 Å². The molecular formula is C17H8ClNO4. The molecule has 0 saturated carbocycles. The molecule has 0 spiro atoms. The molecule has 1 aliphatic carbocycles. The molecule has 4 rings (SSSR count). The van der Waals surface area contributed by atoms with Crippen molar-refractivity contribution in [1.29, 1.82) is 0 Å². The first kappa shape index (κ1) is 13.7. The highest BCUT2D eigenvalue weighted by Gasteiger charge is 2.22. The van der Waals surface area contributed by atoms with Crippen LogP contribution in [0.25, 0.3) is 33.3 Å². The smallest absolute Gasteiger partial charge is 0.338 e. The van der Waals surface area contributed by atoms with Gasteiger partial charge in [0.2, 0.25) is 5.43 Å². The Morgan fingerprint density at radius 1 is 1.09 bits per heavy atom. The van der Waals surface area contributed by atoms with Crippen molar-refractivity contribution in [3.8, 4) is 11.5 Å². The van der Waals surface area contributed by atoms with Crippen LogP contribution in [0.15, 0.2) is 51.7 Å². The number of benzene rings is 3. The van der Waals surface area contributed by atoms with Crippen molar-refractivity contribution in [2.75, 3.05) is 0 Å². The summed E-state index contributed by atoms with van der Waals surface area (Å²) < 4.78 is 5.70. The molecule has 0 unspecified atom stereocenters. The summed E-state index contributed by atoms with van der Waals surface area (Å²) >= 11 is 6.15. The molecule has 23 heavy (non-hydrogen) atoms. The topological polar surface area (TPSA) is 80.4 Å². The fourth-order valence-corrected chi connectivity index (χ4v) is 2.88. The summed E-state index contributed by atoms with van der Waals surface area (Å²) in [7, 11) is 0. The van der Waals surface area contributed by atoms with E-state index in [0.29, 0.717) is 16.5 Å². The van der Waals surface area contributed by atoms with Gasteiger partial charge in [-0.3, -0.25) is 4.79 Å². The second-order valence-corrected chi connectivity index (χ2v) is 5.42. The summed E-state index contributed by atoms with van der Waals surface area (Å²) in [5, 5.41) is 10.2. The number of para-hydroxylation sites is 1. The number of hydrogen-bond donors (Lipinski definition) is 1. The van der Waals surface area contributed by atoms with Gasteiger partial charge in [-0.25, -0.2) is 9.78 Å². The van der Waals surface area contributed by atoms with Crippen LogP contribution < -0.4 is 5.43 Å². The molecule has 0 atom stereocenters. The molecular weight excluding hydrogens is 318 g/mol.